The number of carbonyl (C=O) groups excluding carboxylic acids is 1. The molecular formula is C24H24N2O6S. The number of nitrogens with zero attached hydrogens (tertiary/aromatic N) is 1. The molecule has 1 heterocycles. The van der Waals surface area contributed by atoms with Crippen molar-refractivity contribution >= 4 is 27.3 Å². The molecule has 9 heteroatoms. The SMILES string of the molecule is CCN(c1ccc(OCC(=O)Nc2ccc3c(c2)OCCO3)cc1)S(=O)(=O)c1ccccc1. The highest BCUT2D eigenvalue weighted by molar-refractivity contribution is 7.92. The van der Waals surface area contributed by atoms with Gasteiger partial charge in [-0.3, -0.25) is 9.10 Å². The summed E-state index contributed by atoms with van der Waals surface area (Å²) < 4.78 is 43.8. The number of rotatable bonds is 8. The van der Waals surface area contributed by atoms with E-state index in [1.165, 1.54) is 4.31 Å². The van der Waals surface area contributed by atoms with Gasteiger partial charge in [0.15, 0.2) is 18.1 Å². The van der Waals surface area contributed by atoms with Gasteiger partial charge in [0.1, 0.15) is 19.0 Å². The van der Waals surface area contributed by atoms with E-state index in [-0.39, 0.29) is 24.0 Å². The van der Waals surface area contributed by atoms with Crippen LogP contribution in [0.3, 0.4) is 0 Å². The number of carbonyl (C=O) groups is 1. The van der Waals surface area contributed by atoms with Crippen molar-refractivity contribution in [1.82, 2.24) is 0 Å². The Morgan fingerprint density at radius 2 is 1.67 bits per heavy atom. The minimum atomic E-state index is -3.67. The maximum absolute atomic E-state index is 13.0. The molecule has 0 unspecified atom stereocenters. The number of fused-ring (bicyclic) bond motifs is 1. The van der Waals surface area contributed by atoms with E-state index in [1.807, 2.05) is 0 Å². The molecule has 8 nitrogen and oxygen atoms in total. The van der Waals surface area contributed by atoms with Crippen LogP contribution in [-0.4, -0.2) is 40.7 Å². The fourth-order valence-corrected chi connectivity index (χ4v) is 4.88. The summed E-state index contributed by atoms with van der Waals surface area (Å²) in [5.74, 6) is 1.34. The highest BCUT2D eigenvalue weighted by Gasteiger charge is 2.23. The molecule has 172 valence electrons. The van der Waals surface area contributed by atoms with Crippen molar-refractivity contribution in [2.24, 2.45) is 0 Å². The maximum atomic E-state index is 13.0. The number of hydrogen-bond donors (Lipinski definition) is 1. The number of ether oxygens (including phenoxy) is 3. The summed E-state index contributed by atoms with van der Waals surface area (Å²) in [4.78, 5) is 12.5. The van der Waals surface area contributed by atoms with Crippen molar-refractivity contribution < 1.29 is 27.4 Å². The third kappa shape index (κ3) is 5.20. The number of nitrogens with one attached hydrogen (secondary N) is 1. The quantitative estimate of drug-likeness (QED) is 0.542. The zero-order chi connectivity index (χ0) is 23.3. The Bertz CT molecular complexity index is 1210. The van der Waals surface area contributed by atoms with Crippen molar-refractivity contribution in [1.29, 1.82) is 0 Å². The van der Waals surface area contributed by atoms with Crippen LogP contribution in [0.5, 0.6) is 17.2 Å². The molecule has 0 aliphatic carbocycles. The Balaban J connectivity index is 1.37. The van der Waals surface area contributed by atoms with Crippen molar-refractivity contribution in [2.75, 3.05) is 36.0 Å². The average Bonchev–Trinajstić information content (AvgIpc) is 2.84. The molecular weight excluding hydrogens is 444 g/mol. The summed E-state index contributed by atoms with van der Waals surface area (Å²) in [6.45, 7) is 2.81. The first kappa shape index (κ1) is 22.5. The van der Waals surface area contributed by atoms with E-state index >= 15 is 0 Å². The van der Waals surface area contributed by atoms with Crippen molar-refractivity contribution in [3.8, 4) is 17.2 Å². The summed E-state index contributed by atoms with van der Waals surface area (Å²) in [7, 11) is -3.67. The lowest BCUT2D eigenvalue weighted by molar-refractivity contribution is -0.118. The van der Waals surface area contributed by atoms with E-state index in [0.717, 1.165) is 0 Å². The first-order chi connectivity index (χ1) is 16.0. The van der Waals surface area contributed by atoms with E-state index in [0.29, 0.717) is 41.8 Å². The zero-order valence-electron chi connectivity index (χ0n) is 18.1. The highest BCUT2D eigenvalue weighted by Crippen LogP contribution is 2.32. The van der Waals surface area contributed by atoms with Gasteiger partial charge in [0.25, 0.3) is 15.9 Å². The van der Waals surface area contributed by atoms with Gasteiger partial charge >= 0.3 is 0 Å². The van der Waals surface area contributed by atoms with E-state index in [4.69, 9.17) is 14.2 Å². The Labute approximate surface area is 192 Å². The van der Waals surface area contributed by atoms with Crippen molar-refractivity contribution in [2.45, 2.75) is 11.8 Å². The number of benzene rings is 3. The van der Waals surface area contributed by atoms with Crippen LogP contribution >= 0.6 is 0 Å². The van der Waals surface area contributed by atoms with Crippen LogP contribution < -0.4 is 23.8 Å². The third-order valence-electron chi connectivity index (χ3n) is 4.94. The van der Waals surface area contributed by atoms with Gasteiger partial charge in [-0.1, -0.05) is 18.2 Å². The summed E-state index contributed by atoms with van der Waals surface area (Å²) in [5, 5.41) is 2.75. The molecule has 0 saturated carbocycles. The molecule has 3 aromatic carbocycles. The van der Waals surface area contributed by atoms with Gasteiger partial charge in [0.2, 0.25) is 0 Å². The van der Waals surface area contributed by atoms with Crippen LogP contribution in [0.2, 0.25) is 0 Å². The van der Waals surface area contributed by atoms with Gasteiger partial charge in [0.05, 0.1) is 10.6 Å². The summed E-state index contributed by atoms with van der Waals surface area (Å²) >= 11 is 0. The minimum Gasteiger partial charge on any atom is -0.486 e. The van der Waals surface area contributed by atoms with E-state index < -0.39 is 10.0 Å². The average molecular weight is 469 g/mol. The molecule has 0 bridgehead atoms. The molecule has 3 aromatic rings. The minimum absolute atomic E-state index is 0.201. The monoisotopic (exact) mass is 468 g/mol. The van der Waals surface area contributed by atoms with Crippen molar-refractivity contribution in [3.05, 3.63) is 72.8 Å². The molecule has 0 atom stereocenters. The Morgan fingerprint density at radius 1 is 0.970 bits per heavy atom. The smallest absolute Gasteiger partial charge is 0.264 e. The van der Waals surface area contributed by atoms with Crippen LogP contribution in [0.15, 0.2) is 77.7 Å². The second-order valence-electron chi connectivity index (χ2n) is 7.17. The molecule has 0 aromatic heterocycles. The molecule has 1 amide bonds. The molecule has 0 fully saturated rings. The van der Waals surface area contributed by atoms with Crippen LogP contribution in [-0.2, 0) is 14.8 Å². The molecule has 0 spiro atoms. The van der Waals surface area contributed by atoms with Crippen LogP contribution in [0.4, 0.5) is 11.4 Å². The second-order valence-corrected chi connectivity index (χ2v) is 9.03. The second kappa shape index (κ2) is 9.83. The maximum Gasteiger partial charge on any atom is 0.264 e. The largest absolute Gasteiger partial charge is 0.486 e. The lowest BCUT2D eigenvalue weighted by Crippen LogP contribution is -2.30. The van der Waals surface area contributed by atoms with Crippen LogP contribution in [0.25, 0.3) is 0 Å². The van der Waals surface area contributed by atoms with E-state index in [9.17, 15) is 13.2 Å². The lowest BCUT2D eigenvalue weighted by Gasteiger charge is -2.23. The number of anilines is 2. The standard InChI is InChI=1S/C24H24N2O6S/c1-2-26(33(28,29)21-6-4-3-5-7-21)19-9-11-20(12-10-19)32-17-24(27)25-18-8-13-22-23(16-18)31-15-14-30-22/h3-13,16H,2,14-15,17H2,1H3,(H,25,27). The fraction of sp³-hybridized carbons (Fsp3) is 0.208. The van der Waals surface area contributed by atoms with Gasteiger partial charge in [-0.2, -0.15) is 0 Å². The third-order valence-corrected chi connectivity index (χ3v) is 6.86. The first-order valence-corrected chi connectivity index (χ1v) is 11.9. The van der Waals surface area contributed by atoms with Crippen LogP contribution in [0.1, 0.15) is 6.92 Å². The van der Waals surface area contributed by atoms with E-state index in [1.54, 1.807) is 79.7 Å². The predicted octanol–water partition coefficient (Wildman–Crippen LogP) is 3.69. The summed E-state index contributed by atoms with van der Waals surface area (Å²) in [6, 6.07) is 20.0. The normalized spacial score (nSPS) is 12.6. The molecule has 1 aliphatic rings. The van der Waals surface area contributed by atoms with Gasteiger partial charge in [-0.25, -0.2) is 8.42 Å². The Morgan fingerprint density at radius 3 is 2.36 bits per heavy atom. The highest BCUT2D eigenvalue weighted by atomic mass is 32.2. The molecule has 0 radical (unpaired) electrons. The number of hydrogen-bond acceptors (Lipinski definition) is 6. The van der Waals surface area contributed by atoms with E-state index in [2.05, 4.69) is 5.32 Å². The molecule has 33 heavy (non-hydrogen) atoms. The van der Waals surface area contributed by atoms with Gasteiger partial charge in [0, 0.05) is 18.3 Å². The van der Waals surface area contributed by atoms with Gasteiger partial charge in [-0.05, 0) is 55.5 Å². The Kier molecular flexibility index (Phi) is 6.69. The Hall–Kier alpha value is -3.72. The van der Waals surface area contributed by atoms with Gasteiger partial charge in [-0.15, -0.1) is 0 Å². The zero-order valence-corrected chi connectivity index (χ0v) is 18.9. The number of amides is 1. The van der Waals surface area contributed by atoms with Gasteiger partial charge < -0.3 is 19.5 Å². The molecule has 4 rings (SSSR count). The topological polar surface area (TPSA) is 94.2 Å². The summed E-state index contributed by atoms with van der Waals surface area (Å²) in [5.41, 5.74) is 1.09. The summed E-state index contributed by atoms with van der Waals surface area (Å²) in [6.07, 6.45) is 0. The molecule has 0 saturated heterocycles. The molecule has 1 N–H and O–H groups in total. The number of sulfonamides is 1. The fourth-order valence-electron chi connectivity index (χ4n) is 3.39. The lowest BCUT2D eigenvalue weighted by atomic mass is 10.2. The molecule has 1 aliphatic heterocycles. The first-order valence-electron chi connectivity index (χ1n) is 10.5. The van der Waals surface area contributed by atoms with Crippen molar-refractivity contribution in [3.63, 3.8) is 0 Å². The van der Waals surface area contributed by atoms with Crippen LogP contribution in [0, 0.1) is 0 Å². The predicted molar refractivity (Wildman–Crippen MR) is 125 cm³/mol.